The second-order valence-electron chi connectivity index (χ2n) is 6.66. The van der Waals surface area contributed by atoms with Gasteiger partial charge < -0.3 is 4.57 Å². The third-order valence-electron chi connectivity index (χ3n) is 4.53. The third-order valence-corrected chi connectivity index (χ3v) is 5.33. The van der Waals surface area contributed by atoms with E-state index in [1.807, 2.05) is 29.0 Å². The van der Waals surface area contributed by atoms with Crippen LogP contribution in [0.4, 0.5) is 0 Å². The fraction of sp³-hybridized carbons (Fsp3) is 0.250. The molecule has 0 aliphatic heterocycles. The zero-order chi connectivity index (χ0) is 18.1. The Morgan fingerprint density at radius 2 is 2.04 bits per heavy atom. The van der Waals surface area contributed by atoms with Crippen LogP contribution in [0, 0.1) is 6.92 Å². The number of nitrogens with one attached hydrogen (secondary N) is 1. The van der Waals surface area contributed by atoms with Gasteiger partial charge in [0.15, 0.2) is 5.69 Å². The van der Waals surface area contributed by atoms with E-state index in [0.29, 0.717) is 23.6 Å². The van der Waals surface area contributed by atoms with E-state index < -0.39 is 0 Å². The first kappa shape index (κ1) is 17.0. The summed E-state index contributed by atoms with van der Waals surface area (Å²) >= 11 is 3.50. The van der Waals surface area contributed by atoms with E-state index in [1.54, 1.807) is 0 Å². The maximum Gasteiger partial charge on any atom is 0.300 e. The number of carbonyl (C=O) groups excluding carboxylic acids is 1. The molecule has 0 unspecified atom stereocenters. The number of hydrogen-bond acceptors (Lipinski definition) is 2. The van der Waals surface area contributed by atoms with Crippen LogP contribution in [0.25, 0.3) is 0 Å². The summed E-state index contributed by atoms with van der Waals surface area (Å²) < 4.78 is 2.71. The van der Waals surface area contributed by atoms with Crippen molar-refractivity contribution in [1.29, 1.82) is 0 Å². The largest absolute Gasteiger partial charge is 0.328 e. The predicted molar refractivity (Wildman–Crippen MR) is 103 cm³/mol. The Labute approximate surface area is 159 Å². The predicted octanol–water partition coefficient (Wildman–Crippen LogP) is 3.95. The molecule has 4 rings (SSSR count). The zero-order valence-electron chi connectivity index (χ0n) is 14.4. The first-order valence-electron chi connectivity index (χ1n) is 8.65. The lowest BCUT2D eigenvalue weighted by molar-refractivity contribution is 0.0991. The van der Waals surface area contributed by atoms with Gasteiger partial charge >= 0.3 is 5.91 Å². The van der Waals surface area contributed by atoms with Crippen LogP contribution in [0.3, 0.4) is 0 Å². The lowest BCUT2D eigenvalue weighted by atomic mass is 10.1. The van der Waals surface area contributed by atoms with Gasteiger partial charge in [0, 0.05) is 18.7 Å². The van der Waals surface area contributed by atoms with Gasteiger partial charge in [-0.15, -0.1) is 0 Å². The van der Waals surface area contributed by atoms with E-state index in [0.717, 1.165) is 28.6 Å². The van der Waals surface area contributed by atoms with E-state index in [9.17, 15) is 4.79 Å². The highest BCUT2D eigenvalue weighted by molar-refractivity contribution is 9.10. The van der Waals surface area contributed by atoms with Crippen molar-refractivity contribution < 1.29 is 4.79 Å². The molecule has 1 saturated carbocycles. The van der Waals surface area contributed by atoms with Gasteiger partial charge in [0.2, 0.25) is 0 Å². The normalized spacial score (nSPS) is 14.6. The van der Waals surface area contributed by atoms with Crippen molar-refractivity contribution in [1.82, 2.24) is 14.8 Å². The SMILES string of the molecule is Cc1ccc(Cn2ccccc2=NC(=O)c2n[nH]c(C3CC3)c2Br)cc1. The molecule has 6 heteroatoms. The van der Waals surface area contributed by atoms with E-state index in [-0.39, 0.29) is 5.91 Å². The van der Waals surface area contributed by atoms with Gasteiger partial charge in [0.25, 0.3) is 0 Å². The molecule has 5 nitrogen and oxygen atoms in total. The van der Waals surface area contributed by atoms with Gasteiger partial charge in [0.1, 0.15) is 5.49 Å². The molecule has 0 radical (unpaired) electrons. The molecule has 1 aliphatic carbocycles. The van der Waals surface area contributed by atoms with Gasteiger partial charge in [-0.05, 0) is 53.4 Å². The van der Waals surface area contributed by atoms with Crippen LogP contribution in [0.15, 0.2) is 58.1 Å². The molecule has 0 atom stereocenters. The summed E-state index contributed by atoms with van der Waals surface area (Å²) in [5.74, 6) is 0.144. The Hall–Kier alpha value is -2.47. The van der Waals surface area contributed by atoms with Gasteiger partial charge in [-0.25, -0.2) is 0 Å². The van der Waals surface area contributed by atoms with Crippen LogP contribution in [0.2, 0.25) is 0 Å². The van der Waals surface area contributed by atoms with Gasteiger partial charge in [-0.3, -0.25) is 9.89 Å². The van der Waals surface area contributed by atoms with E-state index in [4.69, 9.17) is 0 Å². The molecule has 1 aliphatic rings. The summed E-state index contributed by atoms with van der Waals surface area (Å²) in [5, 5.41) is 7.15. The lowest BCUT2D eigenvalue weighted by Gasteiger charge is -2.07. The van der Waals surface area contributed by atoms with Gasteiger partial charge in [0.05, 0.1) is 10.2 Å². The Morgan fingerprint density at radius 1 is 1.27 bits per heavy atom. The second kappa shape index (κ2) is 7.03. The van der Waals surface area contributed by atoms with E-state index >= 15 is 0 Å². The van der Waals surface area contributed by atoms with Gasteiger partial charge in [-0.1, -0.05) is 35.9 Å². The molecule has 0 bridgehead atoms. The third kappa shape index (κ3) is 3.55. The smallest absolute Gasteiger partial charge is 0.300 e. The Bertz CT molecular complexity index is 1010. The minimum Gasteiger partial charge on any atom is -0.328 e. The van der Waals surface area contributed by atoms with Crippen molar-refractivity contribution in [3.63, 3.8) is 0 Å². The summed E-state index contributed by atoms with van der Waals surface area (Å²) in [4.78, 5) is 17.0. The van der Waals surface area contributed by atoms with E-state index in [2.05, 4.69) is 62.3 Å². The highest BCUT2D eigenvalue weighted by Crippen LogP contribution is 2.42. The van der Waals surface area contributed by atoms with Gasteiger partial charge in [-0.2, -0.15) is 10.1 Å². The topological polar surface area (TPSA) is 63.0 Å². The Kier molecular flexibility index (Phi) is 4.59. The number of carbonyl (C=O) groups is 1. The minimum absolute atomic E-state index is 0.344. The van der Waals surface area contributed by atoms with Crippen LogP contribution in [0.5, 0.6) is 0 Å². The quantitative estimate of drug-likeness (QED) is 0.707. The maximum atomic E-state index is 12.6. The number of rotatable bonds is 4. The molecule has 132 valence electrons. The number of hydrogen-bond donors (Lipinski definition) is 1. The monoisotopic (exact) mass is 410 g/mol. The van der Waals surface area contributed by atoms with Crippen molar-refractivity contribution in [3.05, 3.63) is 81.1 Å². The van der Waals surface area contributed by atoms with Crippen LogP contribution in [-0.4, -0.2) is 20.7 Å². The number of aryl methyl sites for hydroxylation is 1. The molecule has 0 saturated heterocycles. The number of nitrogens with zero attached hydrogens (tertiary/aromatic N) is 3. The standard InChI is InChI=1S/C20H19BrN4O/c1-13-5-7-14(8-6-13)12-25-11-3-2-4-16(25)22-20(26)19-17(21)18(23-24-19)15-9-10-15/h2-8,11,15H,9-10,12H2,1H3,(H,23,24). The fourth-order valence-corrected chi connectivity index (χ4v) is 3.55. The second-order valence-corrected chi connectivity index (χ2v) is 7.46. The molecule has 1 N–H and O–H groups in total. The van der Waals surface area contributed by atoms with Crippen LogP contribution < -0.4 is 5.49 Å². The molecule has 1 amide bonds. The fourth-order valence-electron chi connectivity index (χ4n) is 2.88. The molecule has 3 aromatic rings. The number of pyridine rings is 1. The summed E-state index contributed by atoms with van der Waals surface area (Å²) in [6.07, 6.45) is 4.21. The Balaban J connectivity index is 1.64. The molecular formula is C20H19BrN4O. The van der Waals surface area contributed by atoms with Crippen LogP contribution in [-0.2, 0) is 6.54 Å². The number of H-pyrrole nitrogens is 1. The number of aromatic amines is 1. The first-order valence-corrected chi connectivity index (χ1v) is 9.45. The first-order chi connectivity index (χ1) is 12.6. The number of halogens is 1. The zero-order valence-corrected chi connectivity index (χ0v) is 16.0. The molecular weight excluding hydrogens is 392 g/mol. The maximum absolute atomic E-state index is 12.6. The lowest BCUT2D eigenvalue weighted by Crippen LogP contribution is -2.22. The summed E-state index contributed by atoms with van der Waals surface area (Å²) in [6, 6.07) is 14.0. The van der Waals surface area contributed by atoms with Crippen molar-refractivity contribution >= 4 is 21.8 Å². The van der Waals surface area contributed by atoms with E-state index in [1.165, 1.54) is 5.56 Å². The average Bonchev–Trinajstić information content (AvgIpc) is 3.40. The molecule has 2 heterocycles. The number of benzene rings is 1. The van der Waals surface area contributed by atoms with Crippen molar-refractivity contribution in [2.24, 2.45) is 4.99 Å². The Morgan fingerprint density at radius 3 is 2.77 bits per heavy atom. The highest BCUT2D eigenvalue weighted by atomic mass is 79.9. The average molecular weight is 411 g/mol. The minimum atomic E-state index is -0.344. The van der Waals surface area contributed by atoms with Crippen LogP contribution in [0.1, 0.15) is 46.1 Å². The number of aromatic nitrogens is 3. The molecule has 2 aromatic heterocycles. The molecule has 1 fully saturated rings. The molecule has 0 spiro atoms. The van der Waals surface area contributed by atoms with Crippen LogP contribution >= 0.6 is 15.9 Å². The molecule has 1 aromatic carbocycles. The summed E-state index contributed by atoms with van der Waals surface area (Å²) in [7, 11) is 0. The summed E-state index contributed by atoms with van der Waals surface area (Å²) in [6.45, 7) is 2.72. The van der Waals surface area contributed by atoms with Crippen molar-refractivity contribution in [2.75, 3.05) is 0 Å². The summed E-state index contributed by atoms with van der Waals surface area (Å²) in [5.41, 5.74) is 4.34. The molecule has 26 heavy (non-hydrogen) atoms. The van der Waals surface area contributed by atoms with Crippen molar-refractivity contribution in [2.45, 2.75) is 32.2 Å². The highest BCUT2D eigenvalue weighted by Gasteiger charge is 2.30. The number of amides is 1. The van der Waals surface area contributed by atoms with Crippen molar-refractivity contribution in [3.8, 4) is 0 Å².